The number of halogens is 1. The predicted molar refractivity (Wildman–Crippen MR) is 91.2 cm³/mol. The maximum atomic E-state index is 6.27. The fraction of sp³-hybridized carbons (Fsp3) is 0.167. The lowest BCUT2D eigenvalue weighted by Crippen LogP contribution is -2.05. The second kappa shape index (κ2) is 4.89. The van der Waals surface area contributed by atoms with Gasteiger partial charge in [-0.15, -0.1) is 0 Å². The van der Waals surface area contributed by atoms with E-state index in [4.69, 9.17) is 11.6 Å². The molecule has 0 N–H and O–H groups in total. The Labute approximate surface area is 133 Å². The van der Waals surface area contributed by atoms with Gasteiger partial charge in [0, 0.05) is 28.9 Å². The molecule has 0 saturated heterocycles. The smallest absolute Gasteiger partial charge is 0.0966 e. The van der Waals surface area contributed by atoms with Crippen LogP contribution in [0.5, 0.6) is 0 Å². The van der Waals surface area contributed by atoms with Crippen molar-refractivity contribution in [3.05, 3.63) is 64.1 Å². The number of nitrogens with zero attached hydrogens (tertiary/aromatic N) is 3. The molecule has 2 aromatic rings. The minimum atomic E-state index is 0.680. The molecule has 0 fully saturated rings. The molecule has 1 aromatic carbocycles. The van der Waals surface area contributed by atoms with E-state index in [-0.39, 0.29) is 0 Å². The Morgan fingerprint density at radius 1 is 1.14 bits per heavy atom. The minimum Gasteiger partial charge on any atom is -0.257 e. The predicted octanol–water partition coefficient (Wildman–Crippen LogP) is 4.66. The number of aliphatic imine (C=N–C) groups is 1. The summed E-state index contributed by atoms with van der Waals surface area (Å²) in [6.45, 7) is 3.97. The van der Waals surface area contributed by atoms with Gasteiger partial charge in [0.1, 0.15) is 0 Å². The molecule has 0 bridgehead atoms. The minimum absolute atomic E-state index is 0.680. The maximum absolute atomic E-state index is 6.27. The molecule has 1 aliphatic carbocycles. The van der Waals surface area contributed by atoms with E-state index in [1.807, 2.05) is 26.0 Å². The van der Waals surface area contributed by atoms with Gasteiger partial charge in [-0.1, -0.05) is 23.8 Å². The molecule has 0 spiro atoms. The molecule has 0 atom stereocenters. The van der Waals surface area contributed by atoms with Gasteiger partial charge >= 0.3 is 0 Å². The van der Waals surface area contributed by atoms with Crippen LogP contribution in [-0.4, -0.2) is 15.7 Å². The average molecular weight is 308 g/mol. The molecule has 0 unspecified atom stereocenters. The van der Waals surface area contributed by atoms with Crippen LogP contribution in [0.1, 0.15) is 24.6 Å². The monoisotopic (exact) mass is 307 g/mol. The summed E-state index contributed by atoms with van der Waals surface area (Å²) in [5.74, 6) is 0. The third kappa shape index (κ3) is 2.18. The average Bonchev–Trinajstić information content (AvgIpc) is 2.86. The van der Waals surface area contributed by atoms with E-state index in [1.165, 1.54) is 11.1 Å². The first kappa shape index (κ1) is 13.4. The van der Waals surface area contributed by atoms with Gasteiger partial charge in [-0.25, -0.2) is 4.98 Å². The maximum Gasteiger partial charge on any atom is 0.0966 e. The quantitative estimate of drug-likeness (QED) is 0.768. The summed E-state index contributed by atoms with van der Waals surface area (Å²) in [5, 5.41) is 0.680. The highest BCUT2D eigenvalue weighted by Crippen LogP contribution is 2.34. The molecule has 1 aromatic heterocycles. The summed E-state index contributed by atoms with van der Waals surface area (Å²) >= 11 is 6.27. The van der Waals surface area contributed by atoms with E-state index >= 15 is 0 Å². The number of allylic oxidation sites excluding steroid dienone is 6. The Kier molecular flexibility index (Phi) is 2.98. The van der Waals surface area contributed by atoms with Crippen molar-refractivity contribution in [2.24, 2.45) is 4.99 Å². The van der Waals surface area contributed by atoms with E-state index < -0.39 is 0 Å². The summed E-state index contributed by atoms with van der Waals surface area (Å²) in [6.07, 6.45) is 8.93. The summed E-state index contributed by atoms with van der Waals surface area (Å²) in [7, 11) is 0. The van der Waals surface area contributed by atoms with Crippen LogP contribution in [0.15, 0.2) is 52.8 Å². The van der Waals surface area contributed by atoms with Crippen molar-refractivity contribution in [2.45, 2.75) is 20.3 Å². The lowest BCUT2D eigenvalue weighted by Gasteiger charge is -2.15. The first-order chi connectivity index (χ1) is 10.6. The zero-order valence-electron chi connectivity index (χ0n) is 12.4. The zero-order chi connectivity index (χ0) is 15.3. The molecule has 4 heteroatoms. The lowest BCUT2D eigenvalue weighted by atomic mass is 9.91. The summed E-state index contributed by atoms with van der Waals surface area (Å²) in [4.78, 5) is 13.7. The fourth-order valence-electron chi connectivity index (χ4n) is 2.93. The molecule has 0 amide bonds. The van der Waals surface area contributed by atoms with Gasteiger partial charge in [0.25, 0.3) is 0 Å². The van der Waals surface area contributed by atoms with Crippen molar-refractivity contribution >= 4 is 33.9 Å². The number of fused-ring (bicyclic) bond motifs is 2. The Bertz CT molecular complexity index is 933. The number of benzene rings is 1. The van der Waals surface area contributed by atoms with Crippen molar-refractivity contribution in [3.8, 4) is 0 Å². The Hall–Kier alpha value is -2.26. The van der Waals surface area contributed by atoms with Gasteiger partial charge in [-0.2, -0.15) is 0 Å². The molecule has 0 saturated carbocycles. The van der Waals surface area contributed by atoms with E-state index in [1.54, 1.807) is 6.20 Å². The van der Waals surface area contributed by atoms with Gasteiger partial charge in [0.15, 0.2) is 0 Å². The number of hydrogen-bond acceptors (Lipinski definition) is 3. The zero-order valence-corrected chi connectivity index (χ0v) is 13.1. The normalized spacial score (nSPS) is 16.9. The molecule has 3 nitrogen and oxygen atoms in total. The third-order valence-corrected chi connectivity index (χ3v) is 4.13. The lowest BCUT2D eigenvalue weighted by molar-refractivity contribution is 1.18. The van der Waals surface area contributed by atoms with Gasteiger partial charge in [0.2, 0.25) is 0 Å². The first-order valence-corrected chi connectivity index (χ1v) is 7.58. The first-order valence-electron chi connectivity index (χ1n) is 7.20. The number of rotatable bonds is 1. The van der Waals surface area contributed by atoms with Gasteiger partial charge in [-0.3, -0.25) is 9.98 Å². The second-order valence-corrected chi connectivity index (χ2v) is 6.10. The number of hydrogen-bond donors (Lipinski definition) is 0. The van der Waals surface area contributed by atoms with Crippen LogP contribution >= 0.6 is 11.6 Å². The van der Waals surface area contributed by atoms with Crippen LogP contribution in [0, 0.1) is 6.92 Å². The second-order valence-electron chi connectivity index (χ2n) is 5.67. The van der Waals surface area contributed by atoms with Crippen molar-refractivity contribution < 1.29 is 0 Å². The molecule has 22 heavy (non-hydrogen) atoms. The van der Waals surface area contributed by atoms with Crippen LogP contribution in [-0.2, 0) is 0 Å². The van der Waals surface area contributed by atoms with Gasteiger partial charge in [0.05, 0.1) is 22.4 Å². The molecule has 2 aliphatic rings. The Morgan fingerprint density at radius 3 is 2.86 bits per heavy atom. The van der Waals surface area contributed by atoms with E-state index in [0.717, 1.165) is 40.1 Å². The molecule has 108 valence electrons. The van der Waals surface area contributed by atoms with Crippen LogP contribution in [0.4, 0.5) is 0 Å². The summed E-state index contributed by atoms with van der Waals surface area (Å²) in [5.41, 5.74) is 8.22. The van der Waals surface area contributed by atoms with Crippen molar-refractivity contribution in [1.29, 1.82) is 0 Å². The topological polar surface area (TPSA) is 38.1 Å². The molecular formula is C18H14ClN3. The van der Waals surface area contributed by atoms with Crippen LogP contribution in [0.3, 0.4) is 0 Å². The highest BCUT2D eigenvalue weighted by molar-refractivity contribution is 6.31. The number of aromatic nitrogens is 2. The largest absolute Gasteiger partial charge is 0.257 e. The molecule has 1 aliphatic heterocycles. The van der Waals surface area contributed by atoms with E-state index in [2.05, 4.69) is 33.2 Å². The molecule has 2 heterocycles. The fourth-order valence-corrected chi connectivity index (χ4v) is 3.14. The SMILES string of the molecule is CC1=CC2=CC=C(c3cc(Cl)cc4ncc(C)nc34)CC2=N1. The third-order valence-electron chi connectivity index (χ3n) is 3.91. The van der Waals surface area contributed by atoms with Gasteiger partial charge < -0.3 is 0 Å². The molecule has 4 rings (SSSR count). The summed E-state index contributed by atoms with van der Waals surface area (Å²) in [6, 6.07) is 3.83. The molecule has 0 radical (unpaired) electrons. The van der Waals surface area contributed by atoms with Gasteiger partial charge in [-0.05, 0) is 43.2 Å². The highest BCUT2D eigenvalue weighted by atomic mass is 35.5. The Morgan fingerprint density at radius 2 is 2.00 bits per heavy atom. The van der Waals surface area contributed by atoms with E-state index in [0.29, 0.717) is 5.02 Å². The van der Waals surface area contributed by atoms with Crippen molar-refractivity contribution in [3.63, 3.8) is 0 Å². The van der Waals surface area contributed by atoms with Crippen LogP contribution in [0.2, 0.25) is 5.02 Å². The Balaban J connectivity index is 1.89. The molecular weight excluding hydrogens is 294 g/mol. The standard InChI is InChI=1S/C18H14ClN3/c1-10-5-13-4-3-12(6-16(13)21-10)15-7-14(19)8-17-18(15)22-11(2)9-20-17/h3-5,7-9H,6H2,1-2H3. The highest BCUT2D eigenvalue weighted by Gasteiger charge is 2.20. The summed E-state index contributed by atoms with van der Waals surface area (Å²) < 4.78 is 0. The van der Waals surface area contributed by atoms with Crippen molar-refractivity contribution in [2.75, 3.05) is 0 Å². The van der Waals surface area contributed by atoms with Crippen LogP contribution in [0.25, 0.3) is 16.6 Å². The van der Waals surface area contributed by atoms with Crippen LogP contribution < -0.4 is 0 Å². The van der Waals surface area contributed by atoms with Crippen molar-refractivity contribution in [1.82, 2.24) is 9.97 Å². The van der Waals surface area contributed by atoms with E-state index in [9.17, 15) is 0 Å². The number of aryl methyl sites for hydroxylation is 1.